The van der Waals surface area contributed by atoms with Crippen molar-refractivity contribution in [3.8, 4) is 0 Å². The van der Waals surface area contributed by atoms with Crippen LogP contribution < -0.4 is 0 Å². The minimum absolute atomic E-state index is 0.0176. The van der Waals surface area contributed by atoms with E-state index in [2.05, 4.69) is 6.92 Å². The third kappa shape index (κ3) is 9.06. The van der Waals surface area contributed by atoms with E-state index in [-0.39, 0.29) is 41.8 Å². The lowest BCUT2D eigenvalue weighted by molar-refractivity contribution is -0.352. The number of rotatable bonds is 13. The molecule has 23 atom stereocenters. The van der Waals surface area contributed by atoms with Crippen LogP contribution in [0.15, 0.2) is 11.6 Å². The molecule has 7 aliphatic rings. The lowest BCUT2D eigenvalue weighted by atomic mass is 9.42. The molecule has 0 unspecified atom stereocenters. The Labute approximate surface area is 390 Å². The molecule has 4 N–H and O–H groups in total. The molecule has 66 heavy (non-hydrogen) atoms. The maximum Gasteiger partial charge on any atom is 0.333 e. The summed E-state index contributed by atoms with van der Waals surface area (Å²) in [5.41, 5.74) is -4.05. The Morgan fingerprint density at radius 2 is 1.33 bits per heavy atom. The van der Waals surface area contributed by atoms with Gasteiger partial charge in [-0.15, -0.1) is 0 Å². The number of methoxy groups -OCH3 is 3. The van der Waals surface area contributed by atoms with Crippen molar-refractivity contribution in [3.63, 3.8) is 0 Å². The summed E-state index contributed by atoms with van der Waals surface area (Å²) in [7, 11) is 4.66. The quantitative estimate of drug-likeness (QED) is 0.115. The highest BCUT2D eigenvalue weighted by Gasteiger charge is 2.77. The van der Waals surface area contributed by atoms with Crippen LogP contribution >= 0.6 is 0 Å². The van der Waals surface area contributed by atoms with E-state index >= 15 is 0 Å². The predicted octanol–water partition coefficient (Wildman–Crippen LogP) is 4.25. The minimum Gasteiger partial charge on any atom is -0.462 e. The smallest absolute Gasteiger partial charge is 0.333 e. The molecule has 4 saturated carbocycles. The number of carbonyl (C=O) groups excluding carboxylic acids is 2. The standard InChI is InChI=1S/C49H80O17/c1-13-24(2)44(53)62-28(6)48(54)18-19-49(55)32-15-14-30-20-31(16-17-46(30,8)33(32)21-36(47(48,49)9)63-29(7)50)64-37-22-34(56-10)41(26(4)59-37)65-38-23-35(57-11)42(27(5)60-38)66-45-40(52)43(58-12)39(51)25(3)61-45/h13,25-28,30-43,45,51-52,54-55H,14-23H2,1-12H3/b24-13+/t25-,26-,27-,28+,30+,31+,32-,33+,34+,35-,36-,37+,38+,39-,40-,41-,42-,43+,45+,46+,47-,48-,49+/m1/s1. The SMILES string of the molecule is C/C=C(\C)C(=O)O[C@@H](C)[C@]1(O)CC[C@]2(O)[C@@H]3CC[C@H]4C[C@@H](O[C@H]5C[C@H](OC)[C@H](O[C@H]6C[C@@H](OC)[C@H](O[C@@H]7O[C@H](C)[C@@H](O)[C@H](OC)[C@H]7O)[C@@H](C)O6)[C@@H](C)O5)CC[C@]4(C)[C@H]3C[C@@H](OC(C)=O)[C@]12C. The van der Waals surface area contributed by atoms with Crippen molar-refractivity contribution in [3.05, 3.63) is 11.6 Å². The highest BCUT2D eigenvalue weighted by atomic mass is 16.8. The van der Waals surface area contributed by atoms with E-state index in [1.807, 2.05) is 20.8 Å². The summed E-state index contributed by atoms with van der Waals surface area (Å²) in [4.78, 5) is 25.7. The molecule has 0 amide bonds. The molecule has 7 fully saturated rings. The van der Waals surface area contributed by atoms with E-state index in [1.54, 1.807) is 48.0 Å². The Kier molecular flexibility index (Phi) is 15.8. The van der Waals surface area contributed by atoms with Crippen LogP contribution in [-0.2, 0) is 61.7 Å². The first kappa shape index (κ1) is 52.0. The summed E-state index contributed by atoms with van der Waals surface area (Å²) in [6.07, 6.45) is -3.22. The number of fused-ring (bicyclic) bond motifs is 5. The lowest BCUT2D eigenvalue weighted by Crippen LogP contribution is -2.72. The number of allylic oxidation sites excluding steroid dienone is 1. The second-order valence-corrected chi connectivity index (χ2v) is 21.1. The summed E-state index contributed by atoms with van der Waals surface area (Å²) in [5.74, 6) is -0.865. The predicted molar refractivity (Wildman–Crippen MR) is 235 cm³/mol. The van der Waals surface area contributed by atoms with Gasteiger partial charge in [-0.05, 0) is 116 Å². The van der Waals surface area contributed by atoms with Crippen molar-refractivity contribution >= 4 is 11.9 Å². The summed E-state index contributed by atoms with van der Waals surface area (Å²) < 4.78 is 67.6. The Balaban J connectivity index is 0.973. The fourth-order valence-corrected chi connectivity index (χ4v) is 13.8. The number of hydrogen-bond acceptors (Lipinski definition) is 17. The first-order valence-corrected chi connectivity index (χ1v) is 24.4. The number of aliphatic hydroxyl groups excluding tert-OH is 2. The molecule has 4 aliphatic carbocycles. The Hall–Kier alpha value is -1.84. The van der Waals surface area contributed by atoms with E-state index in [0.717, 1.165) is 32.1 Å². The monoisotopic (exact) mass is 941 g/mol. The highest BCUT2D eigenvalue weighted by molar-refractivity contribution is 5.87. The van der Waals surface area contributed by atoms with Crippen LogP contribution in [-0.4, -0.2) is 163 Å². The van der Waals surface area contributed by atoms with Crippen LogP contribution in [0.1, 0.15) is 127 Å². The van der Waals surface area contributed by atoms with Crippen LogP contribution in [0.4, 0.5) is 0 Å². The molecule has 378 valence electrons. The van der Waals surface area contributed by atoms with Crippen LogP contribution in [0.25, 0.3) is 0 Å². The molecule has 3 aliphatic heterocycles. The van der Waals surface area contributed by atoms with Gasteiger partial charge in [0.15, 0.2) is 18.9 Å². The third-order valence-electron chi connectivity index (χ3n) is 17.9. The minimum atomic E-state index is -1.64. The van der Waals surface area contributed by atoms with Gasteiger partial charge in [-0.25, -0.2) is 4.79 Å². The highest BCUT2D eigenvalue weighted by Crippen LogP contribution is 2.71. The van der Waals surface area contributed by atoms with Crippen LogP contribution in [0, 0.1) is 28.6 Å². The molecular weight excluding hydrogens is 861 g/mol. The number of aliphatic hydroxyl groups is 4. The third-order valence-corrected chi connectivity index (χ3v) is 17.9. The number of esters is 2. The van der Waals surface area contributed by atoms with Crippen molar-refractivity contribution < 1.29 is 82.1 Å². The zero-order valence-electron chi connectivity index (χ0n) is 41.2. The molecule has 0 bridgehead atoms. The van der Waals surface area contributed by atoms with E-state index in [4.69, 9.17) is 52.1 Å². The van der Waals surface area contributed by atoms with Crippen molar-refractivity contribution in [2.24, 2.45) is 28.6 Å². The fourth-order valence-electron chi connectivity index (χ4n) is 13.8. The van der Waals surface area contributed by atoms with E-state index in [9.17, 15) is 30.0 Å². The molecule has 7 rings (SSSR count). The molecule has 0 spiro atoms. The number of hydrogen-bond donors (Lipinski definition) is 4. The number of carbonyl (C=O) groups is 2. The largest absolute Gasteiger partial charge is 0.462 e. The molecule has 0 aromatic rings. The molecular formula is C49H80O17. The van der Waals surface area contributed by atoms with Gasteiger partial charge in [0.2, 0.25) is 0 Å². The van der Waals surface area contributed by atoms with Crippen LogP contribution in [0.2, 0.25) is 0 Å². The van der Waals surface area contributed by atoms with Gasteiger partial charge in [0, 0.05) is 46.7 Å². The second-order valence-electron chi connectivity index (χ2n) is 21.1. The molecule has 3 saturated heterocycles. The summed E-state index contributed by atoms with van der Waals surface area (Å²) >= 11 is 0. The van der Waals surface area contributed by atoms with Crippen molar-refractivity contribution in [1.29, 1.82) is 0 Å². The Bertz CT molecular complexity index is 1730. The second kappa shape index (κ2) is 20.1. The first-order valence-electron chi connectivity index (χ1n) is 24.4. The summed E-state index contributed by atoms with van der Waals surface area (Å²) in [6, 6.07) is 0. The van der Waals surface area contributed by atoms with Gasteiger partial charge in [0.1, 0.15) is 48.3 Å². The van der Waals surface area contributed by atoms with Gasteiger partial charge in [-0.1, -0.05) is 19.9 Å². The van der Waals surface area contributed by atoms with Crippen LogP contribution in [0.5, 0.6) is 0 Å². The summed E-state index contributed by atoms with van der Waals surface area (Å²) in [5, 5.41) is 47.0. The molecule has 17 heteroatoms. The molecule has 0 aromatic carbocycles. The molecule has 0 aromatic heterocycles. The van der Waals surface area contributed by atoms with Crippen molar-refractivity contribution in [1.82, 2.24) is 0 Å². The molecule has 3 heterocycles. The lowest BCUT2D eigenvalue weighted by Gasteiger charge is -2.66. The van der Waals surface area contributed by atoms with Crippen LogP contribution in [0.3, 0.4) is 0 Å². The first-order chi connectivity index (χ1) is 31.1. The van der Waals surface area contributed by atoms with Gasteiger partial charge in [-0.2, -0.15) is 0 Å². The van der Waals surface area contributed by atoms with E-state index in [1.165, 1.54) is 14.0 Å². The topological polar surface area (TPSA) is 217 Å². The zero-order chi connectivity index (χ0) is 48.3. The van der Waals surface area contributed by atoms with E-state index < -0.39 is 115 Å². The molecule has 0 radical (unpaired) electrons. The van der Waals surface area contributed by atoms with Crippen molar-refractivity contribution in [2.45, 2.75) is 236 Å². The van der Waals surface area contributed by atoms with Gasteiger partial charge in [0.25, 0.3) is 0 Å². The fraction of sp³-hybridized carbons (Fsp3) is 0.918. The van der Waals surface area contributed by atoms with Gasteiger partial charge in [0.05, 0.1) is 47.6 Å². The average molecular weight is 941 g/mol. The zero-order valence-corrected chi connectivity index (χ0v) is 41.2. The Morgan fingerprint density at radius 3 is 1.92 bits per heavy atom. The number of ether oxygens (including phenoxy) is 11. The van der Waals surface area contributed by atoms with Gasteiger partial charge in [-0.3, -0.25) is 4.79 Å². The maximum absolute atomic E-state index is 13.0. The maximum atomic E-state index is 13.0. The summed E-state index contributed by atoms with van der Waals surface area (Å²) in [6.45, 7) is 16.1. The average Bonchev–Trinajstić information content (AvgIpc) is 3.50. The molecule has 17 nitrogen and oxygen atoms in total. The van der Waals surface area contributed by atoms with Gasteiger partial charge >= 0.3 is 11.9 Å². The van der Waals surface area contributed by atoms with Gasteiger partial charge < -0.3 is 72.5 Å². The van der Waals surface area contributed by atoms with E-state index in [0.29, 0.717) is 31.3 Å². The van der Waals surface area contributed by atoms with Crippen molar-refractivity contribution in [2.75, 3.05) is 21.3 Å². The normalized spacial score (nSPS) is 50.1. The Morgan fingerprint density at radius 1 is 0.712 bits per heavy atom.